The molecular formula is C17H30O2Sn. The van der Waals surface area contributed by atoms with Gasteiger partial charge in [0.05, 0.1) is 12.7 Å². The molecule has 0 aliphatic heterocycles. The van der Waals surface area contributed by atoms with Gasteiger partial charge in [-0.1, -0.05) is 30.3 Å². The zero-order valence-electron chi connectivity index (χ0n) is 13.0. The van der Waals surface area contributed by atoms with Crippen molar-refractivity contribution in [2.45, 2.75) is 60.9 Å². The number of unbranched alkanes of at least 4 members (excludes halogenated alkanes) is 2. The van der Waals surface area contributed by atoms with E-state index in [9.17, 15) is 0 Å². The van der Waals surface area contributed by atoms with Crippen molar-refractivity contribution in [1.29, 1.82) is 0 Å². The minimum atomic E-state index is -0.627. The van der Waals surface area contributed by atoms with Crippen LogP contribution in [-0.2, 0) is 6.42 Å². The summed E-state index contributed by atoms with van der Waals surface area (Å²) in [4.78, 5) is 0. The number of hydrogen-bond donors (Lipinski definition) is 2. The molecule has 2 N–H and O–H groups in total. The standard InChI is InChI=1S/C9H12O2.2C4H9.Sn/c10-7-9(11)6-8-4-2-1-3-5-8;2*1-3-4-2;/h1-5,9-11H,6-7H2;2*1,3-4H2,2H3;. The van der Waals surface area contributed by atoms with Crippen molar-refractivity contribution < 1.29 is 10.2 Å². The summed E-state index contributed by atoms with van der Waals surface area (Å²) in [5.41, 5.74) is 1.05. The molecule has 1 aromatic carbocycles. The van der Waals surface area contributed by atoms with Gasteiger partial charge < -0.3 is 10.2 Å². The van der Waals surface area contributed by atoms with Crippen molar-refractivity contribution in [1.82, 2.24) is 0 Å². The van der Waals surface area contributed by atoms with Crippen molar-refractivity contribution in [3.63, 3.8) is 0 Å². The van der Waals surface area contributed by atoms with E-state index >= 15 is 0 Å². The van der Waals surface area contributed by atoms with Gasteiger partial charge in [-0.05, 0) is 5.56 Å². The van der Waals surface area contributed by atoms with Gasteiger partial charge in [0.15, 0.2) is 0 Å². The molecule has 0 aromatic heterocycles. The minimum Gasteiger partial charge on any atom is -0.394 e. The van der Waals surface area contributed by atoms with E-state index < -0.39 is 6.10 Å². The molecule has 2 radical (unpaired) electrons. The molecule has 1 rings (SSSR count). The van der Waals surface area contributed by atoms with Gasteiger partial charge in [-0.2, -0.15) is 0 Å². The second kappa shape index (κ2) is 15.3. The zero-order chi connectivity index (χ0) is 15.1. The SMILES string of the molecule is CCC[CH2][Sn][CH2]CCC.OCC(O)Cc1ccccc1. The molecular weight excluding hydrogens is 355 g/mol. The smallest absolute Gasteiger partial charge is 0.0811 e. The number of benzene rings is 1. The van der Waals surface area contributed by atoms with Crippen LogP contribution < -0.4 is 0 Å². The molecule has 20 heavy (non-hydrogen) atoms. The van der Waals surface area contributed by atoms with E-state index in [1.54, 1.807) is 8.87 Å². The Labute approximate surface area is 134 Å². The Balaban J connectivity index is 0.000000370. The molecule has 114 valence electrons. The third kappa shape index (κ3) is 12.9. The van der Waals surface area contributed by atoms with Crippen molar-refractivity contribution in [3.05, 3.63) is 35.9 Å². The number of aliphatic hydroxyl groups is 2. The van der Waals surface area contributed by atoms with Gasteiger partial charge in [0.1, 0.15) is 0 Å². The first-order valence-electron chi connectivity index (χ1n) is 7.78. The topological polar surface area (TPSA) is 40.5 Å². The maximum Gasteiger partial charge on any atom is 0.0811 e. The molecule has 1 unspecified atom stereocenters. The fourth-order valence-electron chi connectivity index (χ4n) is 1.68. The third-order valence-electron chi connectivity index (χ3n) is 2.94. The predicted octanol–water partition coefficient (Wildman–Crippen LogP) is 3.71. The fraction of sp³-hybridized carbons (Fsp3) is 0.647. The van der Waals surface area contributed by atoms with Crippen LogP contribution in [0, 0.1) is 0 Å². The molecule has 0 aliphatic rings. The maximum atomic E-state index is 9.06. The summed E-state index contributed by atoms with van der Waals surface area (Å²) in [5.74, 6) is 0. The van der Waals surface area contributed by atoms with Crippen LogP contribution in [0.2, 0.25) is 8.87 Å². The molecule has 0 heterocycles. The summed E-state index contributed by atoms with van der Waals surface area (Å²) < 4.78 is 3.25. The Morgan fingerprint density at radius 1 is 1.00 bits per heavy atom. The summed E-state index contributed by atoms with van der Waals surface area (Å²) in [6.45, 7) is 4.41. The van der Waals surface area contributed by atoms with Crippen LogP contribution >= 0.6 is 0 Å². The Morgan fingerprint density at radius 3 is 2.00 bits per heavy atom. The van der Waals surface area contributed by atoms with E-state index in [4.69, 9.17) is 10.2 Å². The van der Waals surface area contributed by atoms with Gasteiger partial charge in [0, 0.05) is 6.42 Å². The normalized spacial score (nSPS) is 11.6. The van der Waals surface area contributed by atoms with Gasteiger partial charge in [-0.15, -0.1) is 0 Å². The molecule has 1 aromatic rings. The Hall–Kier alpha value is -0.0613. The summed E-state index contributed by atoms with van der Waals surface area (Å²) in [5, 5.41) is 17.6. The van der Waals surface area contributed by atoms with Crippen LogP contribution in [0.4, 0.5) is 0 Å². The van der Waals surface area contributed by atoms with Crippen LogP contribution in [0.25, 0.3) is 0 Å². The minimum absolute atomic E-state index is 0.149. The average molecular weight is 385 g/mol. The summed E-state index contributed by atoms with van der Waals surface area (Å²) in [6.07, 6.45) is 5.74. The van der Waals surface area contributed by atoms with E-state index in [0.29, 0.717) is 6.42 Å². The molecule has 2 nitrogen and oxygen atoms in total. The first kappa shape index (κ1) is 19.9. The predicted molar refractivity (Wildman–Crippen MR) is 88.4 cm³/mol. The van der Waals surface area contributed by atoms with E-state index in [2.05, 4.69) is 13.8 Å². The number of aliphatic hydroxyl groups excluding tert-OH is 2. The van der Waals surface area contributed by atoms with Crippen molar-refractivity contribution in [2.24, 2.45) is 0 Å². The second-order valence-electron chi connectivity index (χ2n) is 4.98. The van der Waals surface area contributed by atoms with Crippen LogP contribution in [0.1, 0.15) is 45.1 Å². The quantitative estimate of drug-likeness (QED) is 0.503. The average Bonchev–Trinajstić information content (AvgIpc) is 2.49. The second-order valence-corrected chi connectivity index (χ2v) is 9.26. The molecule has 0 aliphatic carbocycles. The van der Waals surface area contributed by atoms with Crippen molar-refractivity contribution in [2.75, 3.05) is 6.61 Å². The maximum absolute atomic E-state index is 9.06. The summed E-state index contributed by atoms with van der Waals surface area (Å²) >= 11 is 0.149. The van der Waals surface area contributed by atoms with Crippen LogP contribution in [0.3, 0.4) is 0 Å². The third-order valence-corrected chi connectivity index (χ3v) is 6.98. The van der Waals surface area contributed by atoms with Crippen molar-refractivity contribution in [3.8, 4) is 0 Å². The Bertz CT molecular complexity index is 284. The van der Waals surface area contributed by atoms with Crippen LogP contribution in [-0.4, -0.2) is 44.1 Å². The molecule has 0 saturated heterocycles. The van der Waals surface area contributed by atoms with Crippen molar-refractivity contribution >= 4 is 21.1 Å². The largest absolute Gasteiger partial charge is 0.394 e. The van der Waals surface area contributed by atoms with E-state index in [1.807, 2.05) is 30.3 Å². The van der Waals surface area contributed by atoms with E-state index in [0.717, 1.165) is 5.56 Å². The first-order chi connectivity index (χ1) is 9.74. The van der Waals surface area contributed by atoms with Gasteiger partial charge in [0.2, 0.25) is 0 Å². The molecule has 0 bridgehead atoms. The molecule has 0 amide bonds. The molecule has 0 fully saturated rings. The Morgan fingerprint density at radius 2 is 1.55 bits per heavy atom. The number of hydrogen-bond acceptors (Lipinski definition) is 2. The van der Waals surface area contributed by atoms with Gasteiger partial charge >= 0.3 is 69.5 Å². The number of rotatable bonds is 9. The van der Waals surface area contributed by atoms with Gasteiger partial charge in [0.25, 0.3) is 0 Å². The fourth-order valence-corrected chi connectivity index (χ4v) is 5.84. The van der Waals surface area contributed by atoms with Gasteiger partial charge in [-0.25, -0.2) is 0 Å². The molecule has 0 saturated carbocycles. The summed E-state index contributed by atoms with van der Waals surface area (Å²) in [6, 6.07) is 9.62. The first-order valence-corrected chi connectivity index (χ1v) is 11.8. The molecule has 1 atom stereocenters. The monoisotopic (exact) mass is 386 g/mol. The van der Waals surface area contributed by atoms with Gasteiger partial charge in [-0.3, -0.25) is 0 Å². The zero-order valence-corrected chi connectivity index (χ0v) is 15.9. The van der Waals surface area contributed by atoms with Crippen LogP contribution in [0.5, 0.6) is 0 Å². The van der Waals surface area contributed by atoms with E-state index in [1.165, 1.54) is 25.7 Å². The molecule has 0 spiro atoms. The summed E-state index contributed by atoms with van der Waals surface area (Å²) in [7, 11) is 0. The molecule has 3 heteroatoms. The Kier molecular flexibility index (Phi) is 15.3. The van der Waals surface area contributed by atoms with Crippen LogP contribution in [0.15, 0.2) is 30.3 Å². The van der Waals surface area contributed by atoms with E-state index in [-0.39, 0.29) is 27.7 Å².